The monoisotopic (exact) mass is 365 g/mol. The van der Waals surface area contributed by atoms with Crippen LogP contribution in [0.15, 0.2) is 47.2 Å². The van der Waals surface area contributed by atoms with Crippen molar-refractivity contribution in [2.75, 3.05) is 13.1 Å². The fourth-order valence-corrected chi connectivity index (χ4v) is 2.46. The van der Waals surface area contributed by atoms with Gasteiger partial charge in [-0.15, -0.1) is 0 Å². The molecule has 26 heavy (non-hydrogen) atoms. The SMILES string of the molecule is CCN(CCn1cccn1)Cc1nc(-c2ccc(C(F)(F)F)cc2)no1. The number of aromatic nitrogens is 4. The maximum atomic E-state index is 12.6. The summed E-state index contributed by atoms with van der Waals surface area (Å²) in [6.07, 6.45) is -0.745. The van der Waals surface area contributed by atoms with Crippen molar-refractivity contribution in [1.29, 1.82) is 0 Å². The Morgan fingerprint density at radius 2 is 1.96 bits per heavy atom. The van der Waals surface area contributed by atoms with Crippen molar-refractivity contribution in [3.8, 4) is 11.4 Å². The Kier molecular flexibility index (Phi) is 5.36. The van der Waals surface area contributed by atoms with E-state index in [0.717, 1.165) is 31.8 Å². The first-order chi connectivity index (χ1) is 12.5. The summed E-state index contributed by atoms with van der Waals surface area (Å²) in [7, 11) is 0. The van der Waals surface area contributed by atoms with E-state index in [2.05, 4.69) is 20.1 Å². The molecule has 3 rings (SSSR count). The molecule has 0 N–H and O–H groups in total. The second-order valence-electron chi connectivity index (χ2n) is 5.72. The van der Waals surface area contributed by atoms with E-state index in [9.17, 15) is 13.2 Å². The molecule has 1 aromatic carbocycles. The smallest absolute Gasteiger partial charge is 0.338 e. The Balaban J connectivity index is 1.63. The van der Waals surface area contributed by atoms with Crippen LogP contribution < -0.4 is 0 Å². The molecule has 0 aliphatic heterocycles. The van der Waals surface area contributed by atoms with E-state index in [-0.39, 0.29) is 5.82 Å². The summed E-state index contributed by atoms with van der Waals surface area (Å²) in [6.45, 7) is 4.78. The van der Waals surface area contributed by atoms with Crippen LogP contribution in [0.3, 0.4) is 0 Å². The van der Waals surface area contributed by atoms with Gasteiger partial charge < -0.3 is 4.52 Å². The van der Waals surface area contributed by atoms with Crippen molar-refractivity contribution in [3.63, 3.8) is 0 Å². The molecule has 0 spiro atoms. The van der Waals surface area contributed by atoms with Gasteiger partial charge in [-0.1, -0.05) is 24.2 Å². The Morgan fingerprint density at radius 1 is 1.19 bits per heavy atom. The van der Waals surface area contributed by atoms with Crippen molar-refractivity contribution < 1.29 is 17.7 Å². The number of benzene rings is 1. The highest BCUT2D eigenvalue weighted by atomic mass is 19.4. The minimum atomic E-state index is -4.36. The van der Waals surface area contributed by atoms with Crippen molar-refractivity contribution in [3.05, 3.63) is 54.2 Å². The standard InChI is InChI=1S/C17H18F3N5O/c1-2-24(10-11-25-9-3-8-21-25)12-15-22-16(23-26-15)13-4-6-14(7-5-13)17(18,19)20/h3-9H,2,10-12H2,1H3. The van der Waals surface area contributed by atoms with E-state index in [0.29, 0.717) is 18.0 Å². The maximum Gasteiger partial charge on any atom is 0.416 e. The molecule has 0 fully saturated rings. The molecular formula is C17H18F3N5O. The van der Waals surface area contributed by atoms with Gasteiger partial charge in [0.15, 0.2) is 0 Å². The average Bonchev–Trinajstić information content (AvgIpc) is 3.30. The summed E-state index contributed by atoms with van der Waals surface area (Å²) in [5, 5.41) is 8.02. The van der Waals surface area contributed by atoms with Crippen LogP contribution in [0, 0.1) is 0 Å². The molecule has 0 amide bonds. The van der Waals surface area contributed by atoms with Crippen LogP contribution in [0.25, 0.3) is 11.4 Å². The van der Waals surface area contributed by atoms with Crippen LogP contribution in [0.2, 0.25) is 0 Å². The summed E-state index contributed by atoms with van der Waals surface area (Å²) >= 11 is 0. The Bertz CT molecular complexity index is 812. The van der Waals surface area contributed by atoms with Crippen molar-refractivity contribution in [1.82, 2.24) is 24.8 Å². The molecule has 0 atom stereocenters. The summed E-state index contributed by atoms with van der Waals surface area (Å²) in [5.41, 5.74) is -0.228. The quantitative estimate of drug-likeness (QED) is 0.642. The molecule has 0 bridgehead atoms. The van der Waals surface area contributed by atoms with Crippen molar-refractivity contribution >= 4 is 0 Å². The molecule has 2 heterocycles. The highest BCUT2D eigenvalue weighted by molar-refractivity contribution is 5.54. The molecule has 0 saturated carbocycles. The predicted octanol–water partition coefficient (Wildman–Crippen LogP) is 3.47. The number of hydrogen-bond acceptors (Lipinski definition) is 5. The van der Waals surface area contributed by atoms with Crippen LogP contribution in [0.4, 0.5) is 13.2 Å². The average molecular weight is 365 g/mol. The summed E-state index contributed by atoms with van der Waals surface area (Å²) in [6, 6.07) is 6.56. The number of alkyl halides is 3. The third kappa shape index (κ3) is 4.48. The van der Waals surface area contributed by atoms with Gasteiger partial charge in [0.25, 0.3) is 0 Å². The number of nitrogens with zero attached hydrogens (tertiary/aromatic N) is 5. The fourth-order valence-electron chi connectivity index (χ4n) is 2.46. The third-order valence-corrected chi connectivity index (χ3v) is 3.95. The first-order valence-corrected chi connectivity index (χ1v) is 8.15. The van der Waals surface area contributed by atoms with Gasteiger partial charge in [0, 0.05) is 24.5 Å². The Hall–Kier alpha value is -2.68. The highest BCUT2D eigenvalue weighted by Crippen LogP contribution is 2.30. The number of hydrogen-bond donors (Lipinski definition) is 0. The first kappa shape index (κ1) is 18.1. The topological polar surface area (TPSA) is 60.0 Å². The molecule has 0 unspecified atom stereocenters. The number of likely N-dealkylation sites (N-methyl/N-ethyl adjacent to an activating group) is 1. The van der Waals surface area contributed by atoms with Crippen molar-refractivity contribution in [2.24, 2.45) is 0 Å². The second-order valence-corrected chi connectivity index (χ2v) is 5.72. The maximum absolute atomic E-state index is 12.6. The van der Waals surface area contributed by atoms with Gasteiger partial charge in [-0.05, 0) is 24.7 Å². The second kappa shape index (κ2) is 7.69. The number of rotatable bonds is 7. The van der Waals surface area contributed by atoms with Gasteiger partial charge in [0.2, 0.25) is 11.7 Å². The minimum Gasteiger partial charge on any atom is -0.338 e. The van der Waals surface area contributed by atoms with Gasteiger partial charge in [-0.3, -0.25) is 9.58 Å². The molecule has 3 aromatic rings. The lowest BCUT2D eigenvalue weighted by Gasteiger charge is -2.17. The van der Waals surface area contributed by atoms with Crippen LogP contribution in [-0.4, -0.2) is 37.9 Å². The third-order valence-electron chi connectivity index (χ3n) is 3.95. The summed E-state index contributed by atoms with van der Waals surface area (Å²) < 4.78 is 44.9. The molecule has 9 heteroatoms. The zero-order chi connectivity index (χ0) is 18.6. The predicted molar refractivity (Wildman–Crippen MR) is 87.9 cm³/mol. The van der Waals surface area contributed by atoms with E-state index in [1.807, 2.05) is 23.9 Å². The summed E-state index contributed by atoms with van der Waals surface area (Å²) in [5.74, 6) is 0.694. The van der Waals surface area contributed by atoms with Gasteiger partial charge in [-0.25, -0.2) is 0 Å². The minimum absolute atomic E-state index is 0.275. The first-order valence-electron chi connectivity index (χ1n) is 8.15. The lowest BCUT2D eigenvalue weighted by molar-refractivity contribution is -0.137. The lowest BCUT2D eigenvalue weighted by Crippen LogP contribution is -2.27. The van der Waals surface area contributed by atoms with Crippen LogP contribution in [0.1, 0.15) is 18.4 Å². The Labute approximate surface area is 148 Å². The summed E-state index contributed by atoms with van der Waals surface area (Å²) in [4.78, 5) is 6.40. The molecule has 6 nitrogen and oxygen atoms in total. The molecule has 2 aromatic heterocycles. The van der Waals surface area contributed by atoms with Crippen LogP contribution in [0.5, 0.6) is 0 Å². The van der Waals surface area contributed by atoms with Crippen LogP contribution in [-0.2, 0) is 19.3 Å². The highest BCUT2D eigenvalue weighted by Gasteiger charge is 2.30. The van der Waals surface area contributed by atoms with Crippen molar-refractivity contribution in [2.45, 2.75) is 26.2 Å². The van der Waals surface area contributed by atoms with Gasteiger partial charge in [0.05, 0.1) is 18.7 Å². The molecule has 138 valence electrons. The molecule has 0 aliphatic rings. The molecule has 0 saturated heterocycles. The van der Waals surface area contributed by atoms with E-state index in [1.165, 1.54) is 12.1 Å². The van der Waals surface area contributed by atoms with E-state index in [1.54, 1.807) is 6.20 Å². The van der Waals surface area contributed by atoms with Gasteiger partial charge in [0.1, 0.15) is 0 Å². The molecule has 0 aliphatic carbocycles. The van der Waals surface area contributed by atoms with E-state index >= 15 is 0 Å². The van der Waals surface area contributed by atoms with Gasteiger partial charge >= 0.3 is 6.18 Å². The normalized spacial score (nSPS) is 12.0. The molecule has 0 radical (unpaired) electrons. The zero-order valence-corrected chi connectivity index (χ0v) is 14.1. The zero-order valence-electron chi connectivity index (χ0n) is 14.1. The van der Waals surface area contributed by atoms with Crippen LogP contribution >= 0.6 is 0 Å². The van der Waals surface area contributed by atoms with Gasteiger partial charge in [-0.2, -0.15) is 23.3 Å². The molecular weight excluding hydrogens is 347 g/mol. The lowest BCUT2D eigenvalue weighted by atomic mass is 10.1. The fraction of sp³-hybridized carbons (Fsp3) is 0.353. The number of halogens is 3. The van der Waals surface area contributed by atoms with E-state index in [4.69, 9.17) is 4.52 Å². The van der Waals surface area contributed by atoms with E-state index < -0.39 is 11.7 Å². The Morgan fingerprint density at radius 3 is 2.58 bits per heavy atom. The largest absolute Gasteiger partial charge is 0.416 e.